The van der Waals surface area contributed by atoms with Gasteiger partial charge in [0.2, 0.25) is 0 Å². The lowest BCUT2D eigenvalue weighted by atomic mass is 10.0. The smallest absolute Gasteiger partial charge is 0.256 e. The van der Waals surface area contributed by atoms with E-state index in [2.05, 4.69) is 10.1 Å². The predicted molar refractivity (Wildman–Crippen MR) is 109 cm³/mol. The molecule has 0 saturated carbocycles. The zero-order chi connectivity index (χ0) is 20.1. The molecule has 0 spiro atoms. The van der Waals surface area contributed by atoms with Crippen LogP contribution in [0, 0.1) is 5.82 Å². The average molecular weight is 407 g/mol. The van der Waals surface area contributed by atoms with E-state index < -0.39 is 5.82 Å². The minimum atomic E-state index is -0.435. The lowest BCUT2D eigenvalue weighted by Gasteiger charge is -2.17. The summed E-state index contributed by atoms with van der Waals surface area (Å²) in [4.78, 5) is 18.3. The maximum absolute atomic E-state index is 15.0. The average Bonchev–Trinajstić information content (AvgIpc) is 3.23. The van der Waals surface area contributed by atoms with Gasteiger partial charge in [-0.05, 0) is 47.5 Å². The summed E-state index contributed by atoms with van der Waals surface area (Å²) in [7, 11) is 1.86. The van der Waals surface area contributed by atoms with E-state index in [9.17, 15) is 9.18 Å². The van der Waals surface area contributed by atoms with E-state index in [1.165, 1.54) is 6.07 Å². The highest BCUT2D eigenvalue weighted by molar-refractivity contribution is 6.31. The Morgan fingerprint density at radius 2 is 2.03 bits per heavy atom. The lowest BCUT2D eigenvalue weighted by Crippen LogP contribution is -2.24. The Morgan fingerprint density at radius 1 is 1.17 bits per heavy atom. The summed E-state index contributed by atoms with van der Waals surface area (Å²) in [6, 6.07) is 12.4. The van der Waals surface area contributed by atoms with Gasteiger partial charge in [-0.1, -0.05) is 17.7 Å². The highest BCUT2D eigenvalue weighted by Crippen LogP contribution is 2.32. The second kappa shape index (κ2) is 6.67. The summed E-state index contributed by atoms with van der Waals surface area (Å²) in [5.41, 5.74) is 3.98. The van der Waals surface area contributed by atoms with Crippen LogP contribution in [0.3, 0.4) is 0 Å². The van der Waals surface area contributed by atoms with Gasteiger partial charge in [0.25, 0.3) is 5.91 Å². The molecule has 0 aliphatic carbocycles. The van der Waals surface area contributed by atoms with Gasteiger partial charge in [-0.25, -0.2) is 4.39 Å². The molecule has 144 valence electrons. The molecule has 1 amide bonds. The van der Waals surface area contributed by atoms with Crippen molar-refractivity contribution in [2.24, 2.45) is 7.05 Å². The topological polar surface area (TPSA) is 51.0 Å². The van der Waals surface area contributed by atoms with Crippen LogP contribution in [0.5, 0.6) is 0 Å². The number of aromatic nitrogens is 3. The standard InChI is InChI=1S/C22H16ClFN4O/c1-27-10-15-7-13(4-5-20(15)26-27)14-8-18(23)17(19(24)9-14)11-28-12-21-16(22(28)29)3-2-6-25-21/h2-10H,11-12H2,1H3. The minimum Gasteiger partial charge on any atom is -0.328 e. The van der Waals surface area contributed by atoms with Gasteiger partial charge < -0.3 is 4.90 Å². The molecule has 0 bridgehead atoms. The van der Waals surface area contributed by atoms with Crippen LogP contribution in [0.25, 0.3) is 22.0 Å². The molecule has 3 heterocycles. The van der Waals surface area contributed by atoms with Crippen molar-refractivity contribution in [1.29, 1.82) is 0 Å². The molecular formula is C22H16ClFN4O. The first-order valence-corrected chi connectivity index (χ1v) is 9.52. The second-order valence-corrected chi connectivity index (χ2v) is 7.56. The number of hydrogen-bond donors (Lipinski definition) is 0. The van der Waals surface area contributed by atoms with Crippen molar-refractivity contribution in [2.75, 3.05) is 0 Å². The molecule has 7 heteroatoms. The van der Waals surface area contributed by atoms with Crippen LogP contribution in [0.1, 0.15) is 21.6 Å². The second-order valence-electron chi connectivity index (χ2n) is 7.15. The number of nitrogens with zero attached hydrogens (tertiary/aromatic N) is 4. The van der Waals surface area contributed by atoms with Gasteiger partial charge in [-0.2, -0.15) is 5.10 Å². The van der Waals surface area contributed by atoms with E-state index >= 15 is 0 Å². The highest BCUT2D eigenvalue weighted by atomic mass is 35.5. The number of halogens is 2. The van der Waals surface area contributed by atoms with E-state index in [1.54, 1.807) is 34.0 Å². The predicted octanol–water partition coefficient (Wildman–Crippen LogP) is 4.58. The third-order valence-corrected chi connectivity index (χ3v) is 5.53. The van der Waals surface area contributed by atoms with E-state index in [0.717, 1.165) is 16.5 Å². The van der Waals surface area contributed by atoms with Crippen molar-refractivity contribution >= 4 is 28.4 Å². The summed E-state index contributed by atoms with van der Waals surface area (Å²) in [5.74, 6) is -0.592. The third kappa shape index (κ3) is 3.06. The van der Waals surface area contributed by atoms with Crippen molar-refractivity contribution in [3.8, 4) is 11.1 Å². The summed E-state index contributed by atoms with van der Waals surface area (Å²) in [6.45, 7) is 0.450. The monoisotopic (exact) mass is 406 g/mol. The Labute approximate surface area is 171 Å². The SMILES string of the molecule is Cn1cc2cc(-c3cc(F)c(CN4Cc5ncccc5C4=O)c(Cl)c3)ccc2n1. The first-order valence-electron chi connectivity index (χ1n) is 9.14. The molecule has 5 rings (SSSR count). The minimum absolute atomic E-state index is 0.0990. The summed E-state index contributed by atoms with van der Waals surface area (Å²) >= 11 is 6.43. The number of benzene rings is 2. The van der Waals surface area contributed by atoms with Crippen LogP contribution >= 0.6 is 11.6 Å². The molecule has 4 aromatic rings. The number of hydrogen-bond acceptors (Lipinski definition) is 3. The molecule has 1 aliphatic heterocycles. The largest absolute Gasteiger partial charge is 0.328 e. The maximum Gasteiger partial charge on any atom is 0.256 e. The maximum atomic E-state index is 15.0. The van der Waals surface area contributed by atoms with Crippen molar-refractivity contribution in [2.45, 2.75) is 13.1 Å². The molecule has 29 heavy (non-hydrogen) atoms. The Balaban J connectivity index is 1.46. The molecule has 0 fully saturated rings. The number of aryl methyl sites for hydroxylation is 1. The van der Waals surface area contributed by atoms with Crippen LogP contribution < -0.4 is 0 Å². The van der Waals surface area contributed by atoms with Crippen molar-refractivity contribution < 1.29 is 9.18 Å². The normalized spacial score (nSPS) is 13.3. The van der Waals surface area contributed by atoms with Crippen LogP contribution in [0.4, 0.5) is 4.39 Å². The fraction of sp³-hybridized carbons (Fsp3) is 0.136. The van der Waals surface area contributed by atoms with E-state index in [-0.39, 0.29) is 12.5 Å². The van der Waals surface area contributed by atoms with Gasteiger partial charge in [-0.3, -0.25) is 14.5 Å². The number of carbonyl (C=O) groups excluding carboxylic acids is 1. The van der Waals surface area contributed by atoms with Gasteiger partial charge in [0.1, 0.15) is 5.82 Å². The lowest BCUT2D eigenvalue weighted by molar-refractivity contribution is 0.0765. The molecule has 0 atom stereocenters. The van der Waals surface area contributed by atoms with Crippen molar-refractivity contribution in [3.63, 3.8) is 0 Å². The molecule has 2 aromatic heterocycles. The Bertz CT molecular complexity index is 1260. The van der Waals surface area contributed by atoms with E-state index in [0.29, 0.717) is 34.0 Å². The number of amides is 1. The van der Waals surface area contributed by atoms with E-state index in [1.807, 2.05) is 31.4 Å². The van der Waals surface area contributed by atoms with Crippen LogP contribution in [0.15, 0.2) is 54.9 Å². The van der Waals surface area contributed by atoms with Crippen LogP contribution in [0.2, 0.25) is 5.02 Å². The fourth-order valence-electron chi connectivity index (χ4n) is 3.75. The molecule has 0 radical (unpaired) electrons. The number of pyridine rings is 1. The van der Waals surface area contributed by atoms with Crippen molar-refractivity contribution in [1.82, 2.24) is 19.7 Å². The van der Waals surface area contributed by atoms with E-state index in [4.69, 9.17) is 11.6 Å². The first-order chi connectivity index (χ1) is 14.0. The molecule has 0 N–H and O–H groups in total. The van der Waals surface area contributed by atoms with Crippen LogP contribution in [-0.2, 0) is 20.1 Å². The quantitative estimate of drug-likeness (QED) is 0.500. The number of carbonyl (C=O) groups is 1. The van der Waals surface area contributed by atoms with Gasteiger partial charge in [0.15, 0.2) is 0 Å². The number of rotatable bonds is 3. The van der Waals surface area contributed by atoms with Crippen LogP contribution in [-0.4, -0.2) is 25.6 Å². The zero-order valence-electron chi connectivity index (χ0n) is 15.6. The van der Waals surface area contributed by atoms with Gasteiger partial charge in [0, 0.05) is 35.4 Å². The molecule has 5 nitrogen and oxygen atoms in total. The zero-order valence-corrected chi connectivity index (χ0v) is 16.3. The Hall–Kier alpha value is -3.25. The molecule has 2 aromatic carbocycles. The first kappa shape index (κ1) is 17.8. The van der Waals surface area contributed by atoms with Gasteiger partial charge >= 0.3 is 0 Å². The highest BCUT2D eigenvalue weighted by Gasteiger charge is 2.29. The summed E-state index contributed by atoms with van der Waals surface area (Å²) in [6.07, 6.45) is 3.56. The summed E-state index contributed by atoms with van der Waals surface area (Å²) < 4.78 is 16.7. The Morgan fingerprint density at radius 3 is 2.83 bits per heavy atom. The molecular weight excluding hydrogens is 391 g/mol. The molecule has 0 unspecified atom stereocenters. The fourth-order valence-corrected chi connectivity index (χ4v) is 4.02. The Kier molecular flexibility index (Phi) is 4.10. The number of fused-ring (bicyclic) bond motifs is 2. The van der Waals surface area contributed by atoms with Gasteiger partial charge in [0.05, 0.1) is 29.9 Å². The molecule has 1 aliphatic rings. The third-order valence-electron chi connectivity index (χ3n) is 5.19. The van der Waals surface area contributed by atoms with Gasteiger partial charge in [-0.15, -0.1) is 0 Å². The van der Waals surface area contributed by atoms with Crippen molar-refractivity contribution in [3.05, 3.63) is 82.5 Å². The molecule has 0 saturated heterocycles. The summed E-state index contributed by atoms with van der Waals surface area (Å²) in [5, 5.41) is 5.62.